The van der Waals surface area contributed by atoms with Crippen molar-refractivity contribution in [2.75, 3.05) is 33.2 Å². The molecule has 0 radical (unpaired) electrons. The lowest BCUT2D eigenvalue weighted by Crippen LogP contribution is -2.47. The van der Waals surface area contributed by atoms with E-state index in [9.17, 15) is 4.79 Å². The highest BCUT2D eigenvalue weighted by Gasteiger charge is 2.21. The molecule has 0 spiro atoms. The molecule has 1 amide bonds. The molecule has 0 aromatic heterocycles. The first-order valence-corrected chi connectivity index (χ1v) is 6.02. The lowest BCUT2D eigenvalue weighted by molar-refractivity contribution is 0.0664. The van der Waals surface area contributed by atoms with Gasteiger partial charge in [-0.1, -0.05) is 12.1 Å². The fraction of sp³-hybridized carbons (Fsp3) is 0.417. The second-order valence-corrected chi connectivity index (χ2v) is 4.59. The summed E-state index contributed by atoms with van der Waals surface area (Å²) in [4.78, 5) is 16.2. The van der Waals surface area contributed by atoms with Crippen molar-refractivity contribution >= 4 is 30.9 Å². The molecule has 2 N–H and O–H groups in total. The minimum Gasteiger partial charge on any atom is -0.423 e. The second-order valence-electron chi connectivity index (χ2n) is 4.59. The van der Waals surface area contributed by atoms with Gasteiger partial charge in [0, 0.05) is 31.7 Å². The Hall–Kier alpha value is -1.08. The molecular weight excluding hydrogens is 266 g/mol. The van der Waals surface area contributed by atoms with Crippen LogP contribution in [0.3, 0.4) is 0 Å². The summed E-state index contributed by atoms with van der Waals surface area (Å²) in [6.07, 6.45) is 0. The number of carbonyl (C=O) groups excluding carboxylic acids is 1. The molecular formula is C12H18BClN2O3. The Balaban J connectivity index is 0.00000180. The zero-order chi connectivity index (χ0) is 13.1. The number of hydrogen-bond donors (Lipinski definition) is 2. The van der Waals surface area contributed by atoms with E-state index < -0.39 is 7.12 Å². The number of amides is 1. The van der Waals surface area contributed by atoms with Crippen molar-refractivity contribution in [3.63, 3.8) is 0 Å². The molecule has 1 aliphatic heterocycles. The SMILES string of the molecule is CN1CCN(C(=O)c2cccc(B(O)O)c2)CC1.Cl. The van der Waals surface area contributed by atoms with Gasteiger partial charge in [0.05, 0.1) is 0 Å². The number of nitrogens with zero attached hydrogens (tertiary/aromatic N) is 2. The lowest BCUT2D eigenvalue weighted by Gasteiger charge is -2.32. The third-order valence-corrected chi connectivity index (χ3v) is 3.22. The summed E-state index contributed by atoms with van der Waals surface area (Å²) >= 11 is 0. The van der Waals surface area contributed by atoms with Gasteiger partial charge in [-0.25, -0.2) is 0 Å². The summed E-state index contributed by atoms with van der Waals surface area (Å²) in [5.41, 5.74) is 0.847. The van der Waals surface area contributed by atoms with E-state index in [1.165, 1.54) is 6.07 Å². The fourth-order valence-electron chi connectivity index (χ4n) is 2.02. The summed E-state index contributed by atoms with van der Waals surface area (Å²) in [6.45, 7) is 3.16. The van der Waals surface area contributed by atoms with Gasteiger partial charge in [0.2, 0.25) is 0 Å². The molecule has 1 aromatic carbocycles. The molecule has 2 rings (SSSR count). The van der Waals surface area contributed by atoms with Gasteiger partial charge in [0.15, 0.2) is 0 Å². The van der Waals surface area contributed by atoms with E-state index in [-0.39, 0.29) is 18.3 Å². The van der Waals surface area contributed by atoms with E-state index in [2.05, 4.69) is 4.90 Å². The second kappa shape index (κ2) is 6.91. The third-order valence-electron chi connectivity index (χ3n) is 3.22. The number of hydrogen-bond acceptors (Lipinski definition) is 4. The maximum Gasteiger partial charge on any atom is 0.488 e. The van der Waals surface area contributed by atoms with Crippen molar-refractivity contribution in [2.45, 2.75) is 0 Å². The van der Waals surface area contributed by atoms with Gasteiger partial charge < -0.3 is 19.8 Å². The van der Waals surface area contributed by atoms with Gasteiger partial charge in [-0.05, 0) is 24.6 Å². The van der Waals surface area contributed by atoms with Crippen LogP contribution in [0.4, 0.5) is 0 Å². The molecule has 0 atom stereocenters. The summed E-state index contributed by atoms with van der Waals surface area (Å²) in [6, 6.07) is 6.49. The van der Waals surface area contributed by atoms with E-state index in [0.717, 1.165) is 13.1 Å². The number of benzene rings is 1. The molecule has 104 valence electrons. The van der Waals surface area contributed by atoms with Crippen LogP contribution >= 0.6 is 12.4 Å². The predicted molar refractivity (Wildman–Crippen MR) is 76.9 cm³/mol. The highest BCUT2D eigenvalue weighted by molar-refractivity contribution is 6.58. The molecule has 0 bridgehead atoms. The van der Waals surface area contributed by atoms with Gasteiger partial charge in [0.25, 0.3) is 5.91 Å². The highest BCUT2D eigenvalue weighted by atomic mass is 35.5. The van der Waals surface area contributed by atoms with E-state index in [1.807, 2.05) is 7.05 Å². The average Bonchev–Trinajstić information content (AvgIpc) is 2.39. The third kappa shape index (κ3) is 3.94. The Morgan fingerprint density at radius 1 is 1.21 bits per heavy atom. The monoisotopic (exact) mass is 284 g/mol. The summed E-state index contributed by atoms with van der Waals surface area (Å²) in [7, 11) is 0.495. The zero-order valence-electron chi connectivity index (χ0n) is 10.8. The van der Waals surface area contributed by atoms with Crippen LogP contribution in [-0.2, 0) is 0 Å². The van der Waals surface area contributed by atoms with Crippen molar-refractivity contribution in [3.05, 3.63) is 29.8 Å². The van der Waals surface area contributed by atoms with Gasteiger partial charge >= 0.3 is 7.12 Å². The summed E-state index contributed by atoms with van der Waals surface area (Å²) in [5, 5.41) is 18.2. The van der Waals surface area contributed by atoms with Gasteiger partial charge in [-0.2, -0.15) is 0 Å². The van der Waals surface area contributed by atoms with Crippen LogP contribution in [0, 0.1) is 0 Å². The molecule has 0 aliphatic carbocycles. The molecule has 1 heterocycles. The predicted octanol–water partition coefficient (Wildman–Crippen LogP) is -0.824. The topological polar surface area (TPSA) is 64.0 Å². The molecule has 1 saturated heterocycles. The van der Waals surface area contributed by atoms with Gasteiger partial charge in [0.1, 0.15) is 0 Å². The minimum absolute atomic E-state index is 0. The first-order chi connectivity index (χ1) is 8.58. The quantitative estimate of drug-likeness (QED) is 0.696. The van der Waals surface area contributed by atoms with E-state index in [1.54, 1.807) is 23.1 Å². The molecule has 0 unspecified atom stereocenters. The van der Waals surface area contributed by atoms with Crippen molar-refractivity contribution in [3.8, 4) is 0 Å². The Morgan fingerprint density at radius 3 is 2.42 bits per heavy atom. The molecule has 1 fully saturated rings. The number of likely N-dealkylation sites (N-methyl/N-ethyl adjacent to an activating group) is 1. The standard InChI is InChI=1S/C12H17BN2O3.ClH/c1-14-5-7-15(8-6-14)12(16)10-3-2-4-11(9-10)13(17)18;/h2-4,9,17-18H,5-8H2,1H3;1H. The maximum atomic E-state index is 12.2. The van der Waals surface area contributed by atoms with E-state index >= 15 is 0 Å². The molecule has 1 aliphatic rings. The van der Waals surface area contributed by atoms with Crippen molar-refractivity contribution in [1.82, 2.24) is 9.80 Å². The Morgan fingerprint density at radius 2 is 1.84 bits per heavy atom. The molecule has 1 aromatic rings. The largest absolute Gasteiger partial charge is 0.488 e. The van der Waals surface area contributed by atoms with Crippen molar-refractivity contribution < 1.29 is 14.8 Å². The average molecular weight is 285 g/mol. The highest BCUT2D eigenvalue weighted by Crippen LogP contribution is 2.07. The van der Waals surface area contributed by atoms with E-state index in [4.69, 9.17) is 10.0 Å². The smallest absolute Gasteiger partial charge is 0.423 e. The number of carbonyl (C=O) groups is 1. The van der Waals surface area contributed by atoms with Crippen molar-refractivity contribution in [1.29, 1.82) is 0 Å². The summed E-state index contributed by atoms with van der Waals surface area (Å²) < 4.78 is 0. The van der Waals surface area contributed by atoms with Gasteiger partial charge in [-0.3, -0.25) is 4.79 Å². The number of piperazine rings is 1. The molecule has 19 heavy (non-hydrogen) atoms. The van der Waals surface area contributed by atoms with Crippen LogP contribution in [0.2, 0.25) is 0 Å². The molecule has 7 heteroatoms. The number of rotatable bonds is 2. The lowest BCUT2D eigenvalue weighted by atomic mass is 9.79. The van der Waals surface area contributed by atoms with Crippen LogP contribution < -0.4 is 5.46 Å². The number of halogens is 1. The Kier molecular flexibility index (Phi) is 5.81. The van der Waals surface area contributed by atoms with E-state index in [0.29, 0.717) is 24.1 Å². The Bertz CT molecular complexity index is 437. The molecule has 0 saturated carbocycles. The van der Waals surface area contributed by atoms with Crippen molar-refractivity contribution in [2.24, 2.45) is 0 Å². The zero-order valence-corrected chi connectivity index (χ0v) is 11.6. The Labute approximate surface area is 119 Å². The summed E-state index contributed by atoms with van der Waals surface area (Å²) in [5.74, 6) is -0.0504. The maximum absolute atomic E-state index is 12.2. The minimum atomic E-state index is -1.54. The van der Waals surface area contributed by atoms with Crippen LogP contribution in [0.15, 0.2) is 24.3 Å². The van der Waals surface area contributed by atoms with Crippen LogP contribution in [0.5, 0.6) is 0 Å². The van der Waals surface area contributed by atoms with Crippen LogP contribution in [-0.4, -0.2) is 66.1 Å². The first kappa shape index (κ1) is 16.0. The van der Waals surface area contributed by atoms with Crippen LogP contribution in [0.25, 0.3) is 0 Å². The first-order valence-electron chi connectivity index (χ1n) is 6.02. The normalized spacial score (nSPS) is 15.8. The fourth-order valence-corrected chi connectivity index (χ4v) is 2.02. The van der Waals surface area contributed by atoms with Gasteiger partial charge in [-0.15, -0.1) is 12.4 Å². The van der Waals surface area contributed by atoms with Crippen LogP contribution in [0.1, 0.15) is 10.4 Å². The molecule has 5 nitrogen and oxygen atoms in total.